The Hall–Kier alpha value is -4.89. The van der Waals surface area contributed by atoms with Crippen LogP contribution in [0.5, 0.6) is 11.6 Å². The number of ether oxygens (including phenoxy) is 2. The molecule has 6 rings (SSSR count). The monoisotopic (exact) mass is 918 g/mol. The van der Waals surface area contributed by atoms with Gasteiger partial charge in [0.15, 0.2) is 0 Å². The van der Waals surface area contributed by atoms with E-state index in [0.717, 1.165) is 4.90 Å². The van der Waals surface area contributed by atoms with E-state index in [-0.39, 0.29) is 66.3 Å². The van der Waals surface area contributed by atoms with Crippen molar-refractivity contribution < 1.29 is 68.5 Å². The van der Waals surface area contributed by atoms with Crippen molar-refractivity contribution in [3.8, 4) is 11.6 Å². The quantitative estimate of drug-likeness (QED) is 0.177. The number of nitrogens with one attached hydrogen (secondary N) is 2. The fourth-order valence-electron chi connectivity index (χ4n) is 8.47. The highest BCUT2D eigenvalue weighted by molar-refractivity contribution is 7.91. The molecule has 1 saturated heterocycles. The Bertz CT molecular complexity index is 2270. The van der Waals surface area contributed by atoms with Crippen molar-refractivity contribution in [3.05, 3.63) is 36.0 Å². The van der Waals surface area contributed by atoms with Crippen LogP contribution in [0.25, 0.3) is 11.0 Å². The van der Waals surface area contributed by atoms with E-state index >= 15 is 4.79 Å². The third kappa shape index (κ3) is 9.36. The van der Waals surface area contributed by atoms with Crippen LogP contribution < -0.4 is 19.5 Å². The lowest BCUT2D eigenvalue weighted by Crippen LogP contribution is -2.66. The summed E-state index contributed by atoms with van der Waals surface area (Å²) in [6, 6.07) is 0.104. The van der Waals surface area contributed by atoms with E-state index in [4.69, 9.17) is 9.47 Å². The number of benzene rings is 1. The SMILES string of the molecule is CCOc1ccc2nc(C(F)(F)F)c(O[C@@H]3C[C@H]4C(=O)N[C@]5(C(=O)NS(=O)(=O)C6(C)CC6)C[C@H]5/C=C\CC[C@@H](C)C[C@@H](CC)[C@H](N(C(=O)O)C(C)(C)C(F)(F)F)C(=O)N4C3)nc2c1. The molecule has 22 heteroatoms. The van der Waals surface area contributed by atoms with Crippen molar-refractivity contribution in [2.24, 2.45) is 17.8 Å². The zero-order valence-electron chi connectivity index (χ0n) is 35.6. The molecule has 4 aliphatic rings. The van der Waals surface area contributed by atoms with Crippen molar-refractivity contribution >= 4 is 44.9 Å². The summed E-state index contributed by atoms with van der Waals surface area (Å²) in [5.41, 5.74) is -6.87. The Morgan fingerprint density at radius 3 is 2.33 bits per heavy atom. The number of sulfonamides is 1. The number of nitrogens with zero attached hydrogens (tertiary/aromatic N) is 4. The van der Waals surface area contributed by atoms with Crippen molar-refractivity contribution in [3.63, 3.8) is 0 Å². The molecule has 3 fully saturated rings. The van der Waals surface area contributed by atoms with Crippen LogP contribution >= 0.6 is 0 Å². The summed E-state index contributed by atoms with van der Waals surface area (Å²) in [4.78, 5) is 65.4. The maximum Gasteiger partial charge on any atom is 0.438 e. The average Bonchev–Trinajstić information content (AvgIpc) is 4.06. The lowest BCUT2D eigenvalue weighted by Gasteiger charge is -2.46. The van der Waals surface area contributed by atoms with Gasteiger partial charge in [0.25, 0.3) is 5.91 Å². The molecule has 3 heterocycles. The summed E-state index contributed by atoms with van der Waals surface area (Å²) >= 11 is 0. The zero-order valence-corrected chi connectivity index (χ0v) is 36.4. The molecule has 0 bridgehead atoms. The molecular weight excluding hydrogens is 867 g/mol. The number of hydrogen-bond donors (Lipinski definition) is 3. The predicted molar refractivity (Wildman–Crippen MR) is 214 cm³/mol. The van der Waals surface area contributed by atoms with E-state index in [0.29, 0.717) is 26.7 Å². The molecule has 2 aliphatic carbocycles. The maximum absolute atomic E-state index is 15.1. The van der Waals surface area contributed by atoms with E-state index in [2.05, 4.69) is 20.0 Å². The average molecular weight is 919 g/mol. The lowest BCUT2D eigenvalue weighted by molar-refractivity contribution is -0.222. The highest BCUT2D eigenvalue weighted by Crippen LogP contribution is 2.48. The minimum atomic E-state index is -5.21. The Morgan fingerprint density at radius 1 is 1.06 bits per heavy atom. The summed E-state index contributed by atoms with van der Waals surface area (Å²) in [6.07, 6.45) is -9.89. The van der Waals surface area contributed by atoms with E-state index in [1.54, 1.807) is 32.9 Å². The van der Waals surface area contributed by atoms with E-state index in [9.17, 15) is 54.3 Å². The fraction of sp³-hybridized carbons (Fsp3) is 0.659. The first-order chi connectivity index (χ1) is 29.2. The number of fused-ring (bicyclic) bond motifs is 3. The molecule has 1 aromatic heterocycles. The first-order valence-corrected chi connectivity index (χ1v) is 22.3. The number of rotatable bonds is 10. The molecule has 2 saturated carbocycles. The molecule has 15 nitrogen and oxygen atoms in total. The standard InChI is InChI=1S/C41H52F6N6O9S/c1-7-23-17-22(3)11-9-10-12-24-20-39(24,35(56)51-63(59,60)38(6)15-16-38)50-32(54)29-19-26(21-52(29)34(55)30(23)53(36(57)58)37(4,5)41(45,46)47)62-33-31(40(42,43)44)48-27-14-13-25(61-8-2)18-28(27)49-33/h10,12-14,18,22-24,26,29-30H,7-9,11,15-17,19-21H2,1-6H3,(H,50,54)(H,51,56)(H,57,58)/b12-10-/t22-,23-,24-,26-,29+,30+,39-/m1/s1. The third-order valence-corrected chi connectivity index (χ3v) is 15.0. The van der Waals surface area contributed by atoms with Gasteiger partial charge in [0.2, 0.25) is 33.4 Å². The first-order valence-electron chi connectivity index (χ1n) is 20.8. The van der Waals surface area contributed by atoms with Crippen molar-refractivity contribution in [2.45, 2.75) is 139 Å². The topological polar surface area (TPSA) is 197 Å². The van der Waals surface area contributed by atoms with Gasteiger partial charge >= 0.3 is 18.4 Å². The number of aromatic nitrogens is 2. The van der Waals surface area contributed by atoms with Crippen LogP contribution in [0.1, 0.15) is 98.6 Å². The van der Waals surface area contributed by atoms with Crippen LogP contribution in [0.4, 0.5) is 31.1 Å². The number of amides is 4. The molecule has 348 valence electrons. The minimum absolute atomic E-state index is 0.00302. The smallest absolute Gasteiger partial charge is 0.438 e. The van der Waals surface area contributed by atoms with Crippen molar-refractivity contribution in [1.29, 1.82) is 0 Å². The van der Waals surface area contributed by atoms with E-state index in [1.807, 2.05) is 0 Å². The molecule has 2 aromatic rings. The van der Waals surface area contributed by atoms with Gasteiger partial charge in [0.1, 0.15) is 35.0 Å². The molecule has 2 aliphatic heterocycles. The van der Waals surface area contributed by atoms with Crippen LogP contribution in [0.3, 0.4) is 0 Å². The number of allylic oxidation sites excluding steroid dienone is 1. The van der Waals surface area contributed by atoms with Crippen LogP contribution in [0.2, 0.25) is 0 Å². The first kappa shape index (κ1) is 47.6. The Morgan fingerprint density at radius 2 is 1.75 bits per heavy atom. The van der Waals surface area contributed by atoms with Crippen molar-refractivity contribution in [1.82, 2.24) is 29.8 Å². The molecule has 0 unspecified atom stereocenters. The van der Waals surface area contributed by atoms with Gasteiger partial charge in [-0.2, -0.15) is 26.3 Å². The third-order valence-electron chi connectivity index (χ3n) is 12.8. The van der Waals surface area contributed by atoms with Gasteiger partial charge in [-0.3, -0.25) is 24.0 Å². The van der Waals surface area contributed by atoms with Gasteiger partial charge in [-0.1, -0.05) is 32.4 Å². The number of hydrogen-bond acceptors (Lipinski definition) is 10. The molecule has 0 radical (unpaired) electrons. The zero-order chi connectivity index (χ0) is 46.7. The van der Waals surface area contributed by atoms with E-state index in [1.165, 1.54) is 25.1 Å². The Balaban J connectivity index is 1.47. The van der Waals surface area contributed by atoms with Gasteiger partial charge in [0.05, 0.1) is 28.9 Å². The minimum Gasteiger partial charge on any atom is -0.494 e. The van der Waals surface area contributed by atoms with Gasteiger partial charge in [0, 0.05) is 18.4 Å². The maximum atomic E-state index is 15.1. The summed E-state index contributed by atoms with van der Waals surface area (Å²) in [5, 5.41) is 13.1. The Labute approximate surface area is 360 Å². The second kappa shape index (κ2) is 16.9. The van der Waals surface area contributed by atoms with E-state index < -0.39 is 117 Å². The molecule has 3 N–H and O–H groups in total. The number of carbonyl (C=O) groups excluding carboxylic acids is 3. The molecule has 63 heavy (non-hydrogen) atoms. The van der Waals surface area contributed by atoms with Gasteiger partial charge in [-0.15, -0.1) is 0 Å². The fourth-order valence-corrected chi connectivity index (χ4v) is 9.78. The molecular formula is C41H52F6N6O9S. The van der Waals surface area contributed by atoms with Crippen LogP contribution in [0.15, 0.2) is 30.4 Å². The summed E-state index contributed by atoms with van der Waals surface area (Å²) in [5.74, 6) is -6.34. The highest BCUT2D eigenvalue weighted by Gasteiger charge is 2.64. The number of alkyl halides is 6. The second-order valence-corrected chi connectivity index (χ2v) is 20.0. The highest BCUT2D eigenvalue weighted by atomic mass is 32.2. The van der Waals surface area contributed by atoms with Crippen LogP contribution in [0, 0.1) is 17.8 Å². The molecule has 1 aromatic carbocycles. The second-order valence-electron chi connectivity index (χ2n) is 17.8. The summed E-state index contributed by atoms with van der Waals surface area (Å²) < 4.78 is 127. The van der Waals surface area contributed by atoms with Gasteiger partial charge in [-0.25, -0.2) is 23.2 Å². The molecule has 4 amide bonds. The summed E-state index contributed by atoms with van der Waals surface area (Å²) in [7, 11) is -4.23. The van der Waals surface area contributed by atoms with Crippen LogP contribution in [-0.4, -0.2) is 110 Å². The lowest BCUT2D eigenvalue weighted by atomic mass is 9.82. The summed E-state index contributed by atoms with van der Waals surface area (Å²) in [6.45, 7) is 7.16. The normalized spacial score (nSPS) is 28.4. The molecule has 0 spiro atoms. The molecule has 7 atom stereocenters. The van der Waals surface area contributed by atoms with Gasteiger partial charge < -0.3 is 24.8 Å². The number of carbonyl (C=O) groups is 4. The Kier molecular flexibility index (Phi) is 12.8. The van der Waals surface area contributed by atoms with Crippen molar-refractivity contribution in [2.75, 3.05) is 13.2 Å². The predicted octanol–water partition coefficient (Wildman–Crippen LogP) is 6.36. The van der Waals surface area contributed by atoms with Gasteiger partial charge in [-0.05, 0) is 90.2 Å². The number of carboxylic acid groups (broad SMARTS) is 1. The largest absolute Gasteiger partial charge is 0.494 e. The van der Waals surface area contributed by atoms with Crippen LogP contribution in [-0.2, 0) is 30.6 Å². The number of halogens is 6.